The predicted molar refractivity (Wildman–Crippen MR) is 279 cm³/mol. The van der Waals surface area contributed by atoms with E-state index in [4.69, 9.17) is 15.0 Å². The normalized spacial score (nSPS) is 11.6. The van der Waals surface area contributed by atoms with Crippen LogP contribution in [0.3, 0.4) is 0 Å². The molecule has 0 saturated heterocycles. The summed E-state index contributed by atoms with van der Waals surface area (Å²) in [5, 5.41) is 9.61. The van der Waals surface area contributed by atoms with Crippen LogP contribution in [0.2, 0.25) is 0 Å². The number of fused-ring (bicyclic) bond motifs is 6. The minimum Gasteiger partial charge on any atom is -0.309 e. The second-order valence-corrected chi connectivity index (χ2v) is 17.2. The molecule has 0 radical (unpaired) electrons. The fraction of sp³-hybridized carbons (Fsp3) is 0. The van der Waals surface area contributed by atoms with Crippen molar-refractivity contribution in [1.82, 2.24) is 19.5 Å². The lowest BCUT2D eigenvalue weighted by molar-refractivity contribution is 1.18. The van der Waals surface area contributed by atoms with E-state index in [1.54, 1.807) is 0 Å². The van der Waals surface area contributed by atoms with E-state index < -0.39 is 0 Å². The van der Waals surface area contributed by atoms with Crippen molar-refractivity contribution in [2.45, 2.75) is 0 Å². The van der Waals surface area contributed by atoms with Gasteiger partial charge in [-0.2, -0.15) is 0 Å². The van der Waals surface area contributed by atoms with Crippen molar-refractivity contribution in [2.75, 3.05) is 0 Å². The topological polar surface area (TPSA) is 43.6 Å². The van der Waals surface area contributed by atoms with Crippen molar-refractivity contribution in [2.24, 2.45) is 0 Å². The Morgan fingerprint density at radius 1 is 0.254 bits per heavy atom. The van der Waals surface area contributed by atoms with Gasteiger partial charge in [0.1, 0.15) is 0 Å². The number of rotatable bonds is 7. The van der Waals surface area contributed by atoms with Crippen molar-refractivity contribution in [3.05, 3.63) is 243 Å². The summed E-state index contributed by atoms with van der Waals surface area (Å²) in [7, 11) is 0. The highest BCUT2D eigenvalue weighted by Crippen LogP contribution is 2.39. The maximum atomic E-state index is 5.02. The average molecular weight is 853 g/mol. The Morgan fingerprint density at radius 3 is 0.985 bits per heavy atom. The molecule has 0 N–H and O–H groups in total. The summed E-state index contributed by atoms with van der Waals surface area (Å²) < 4.78 is 2.40. The number of benzene rings is 9. The number of aromatic nitrogens is 4. The third-order valence-corrected chi connectivity index (χ3v) is 13.4. The SMILES string of the molecule is c1ccc2c(-c3ccc(-c4ccc(-n5c6cc(-c7ccc(-c8cccc9ccccc89)nc7)ccc6c6ccc(-c7ccc(-c8cccc9ccccc89)nc7)cc65)cc4)cn3)cccc2c1. The maximum Gasteiger partial charge on any atom is 0.0708 e. The zero-order valence-electron chi connectivity index (χ0n) is 36.4. The van der Waals surface area contributed by atoms with E-state index in [2.05, 4.69) is 229 Å². The lowest BCUT2D eigenvalue weighted by atomic mass is 10.00. The number of hydrogen-bond donors (Lipinski definition) is 0. The molecule has 0 unspecified atom stereocenters. The second kappa shape index (κ2) is 15.9. The summed E-state index contributed by atoms with van der Waals surface area (Å²) >= 11 is 0. The van der Waals surface area contributed by atoms with Crippen LogP contribution in [-0.4, -0.2) is 19.5 Å². The van der Waals surface area contributed by atoms with E-state index in [0.717, 1.165) is 83.9 Å². The first kappa shape index (κ1) is 38.5. The lowest BCUT2D eigenvalue weighted by Gasteiger charge is -2.12. The van der Waals surface area contributed by atoms with Gasteiger partial charge in [0, 0.05) is 68.4 Å². The zero-order chi connectivity index (χ0) is 44.3. The summed E-state index contributed by atoms with van der Waals surface area (Å²) in [5.74, 6) is 0. The van der Waals surface area contributed by atoms with Gasteiger partial charge < -0.3 is 4.57 Å². The molecule has 0 spiro atoms. The summed E-state index contributed by atoms with van der Waals surface area (Å²) in [5.41, 5.74) is 16.1. The van der Waals surface area contributed by atoms with Crippen molar-refractivity contribution in [3.8, 4) is 72.8 Å². The minimum atomic E-state index is 0.960. The molecule has 4 heteroatoms. The van der Waals surface area contributed by atoms with E-state index in [1.807, 2.05) is 18.6 Å². The van der Waals surface area contributed by atoms with Gasteiger partial charge >= 0.3 is 0 Å². The zero-order valence-corrected chi connectivity index (χ0v) is 36.4. The number of pyridine rings is 3. The Labute approximate surface area is 387 Å². The van der Waals surface area contributed by atoms with Crippen LogP contribution >= 0.6 is 0 Å². The summed E-state index contributed by atoms with van der Waals surface area (Å²) in [6, 6.07) is 80.2. The summed E-state index contributed by atoms with van der Waals surface area (Å²) in [4.78, 5) is 15.0. The van der Waals surface area contributed by atoms with Crippen LogP contribution < -0.4 is 0 Å². The van der Waals surface area contributed by atoms with Gasteiger partial charge in [-0.05, 0) is 91.5 Å². The number of nitrogens with zero attached hydrogens (tertiary/aromatic N) is 4. The molecule has 13 rings (SSSR count). The first-order valence-electron chi connectivity index (χ1n) is 22.7. The highest BCUT2D eigenvalue weighted by Gasteiger charge is 2.17. The standard InChI is InChI=1S/C63H40N4/c1-4-16-51-42(10-1)13-7-19-54(51)59-33-26-47(38-64-59)41-22-29-50(30-23-41)67-62-36-45(48-27-34-60(65-39-48)55-20-8-14-43-11-2-5-17-52(43)55)24-31-57(62)58-32-25-46(37-63(58)67)49-28-35-61(66-40-49)56-21-9-15-44-12-3-6-18-53(44)56/h1-40H. The molecule has 0 aliphatic heterocycles. The quantitative estimate of drug-likeness (QED) is 0.160. The molecule has 9 aromatic carbocycles. The Hall–Kier alpha value is -8.99. The molecule has 13 aromatic rings. The summed E-state index contributed by atoms with van der Waals surface area (Å²) in [6.45, 7) is 0. The van der Waals surface area contributed by atoms with Gasteiger partial charge in [-0.25, -0.2) is 0 Å². The molecular weight excluding hydrogens is 813 g/mol. The maximum absolute atomic E-state index is 5.02. The van der Waals surface area contributed by atoms with Crippen LogP contribution in [-0.2, 0) is 0 Å². The molecule has 0 atom stereocenters. The molecule has 0 saturated carbocycles. The third kappa shape index (κ3) is 6.74. The van der Waals surface area contributed by atoms with E-state index in [0.29, 0.717) is 0 Å². The highest BCUT2D eigenvalue weighted by molar-refractivity contribution is 6.11. The average Bonchev–Trinajstić information content (AvgIpc) is 3.73. The van der Waals surface area contributed by atoms with Crippen molar-refractivity contribution >= 4 is 54.1 Å². The van der Waals surface area contributed by atoms with Gasteiger partial charge in [-0.15, -0.1) is 0 Å². The van der Waals surface area contributed by atoms with Crippen LogP contribution in [0.15, 0.2) is 243 Å². The van der Waals surface area contributed by atoms with Gasteiger partial charge in [0.25, 0.3) is 0 Å². The highest BCUT2D eigenvalue weighted by atomic mass is 15.0. The Kier molecular flexibility index (Phi) is 9.14. The molecule has 4 nitrogen and oxygen atoms in total. The Morgan fingerprint density at radius 2 is 0.597 bits per heavy atom. The Balaban J connectivity index is 0.898. The predicted octanol–water partition coefficient (Wildman–Crippen LogP) is 16.4. The van der Waals surface area contributed by atoms with Crippen LogP contribution in [0.25, 0.3) is 127 Å². The van der Waals surface area contributed by atoms with Crippen LogP contribution in [0.1, 0.15) is 0 Å². The monoisotopic (exact) mass is 852 g/mol. The van der Waals surface area contributed by atoms with E-state index in [-0.39, 0.29) is 0 Å². The van der Waals surface area contributed by atoms with Crippen LogP contribution in [0, 0.1) is 0 Å². The van der Waals surface area contributed by atoms with Gasteiger partial charge in [0.15, 0.2) is 0 Å². The van der Waals surface area contributed by atoms with Gasteiger partial charge in [0.05, 0.1) is 28.1 Å². The molecule has 0 aliphatic rings. The minimum absolute atomic E-state index is 0.960. The van der Waals surface area contributed by atoms with Crippen LogP contribution in [0.5, 0.6) is 0 Å². The van der Waals surface area contributed by atoms with E-state index in [9.17, 15) is 0 Å². The molecule has 0 fully saturated rings. The van der Waals surface area contributed by atoms with Gasteiger partial charge in [0.2, 0.25) is 0 Å². The lowest BCUT2D eigenvalue weighted by Crippen LogP contribution is -1.95. The molecule has 4 heterocycles. The largest absolute Gasteiger partial charge is 0.309 e. The summed E-state index contributed by atoms with van der Waals surface area (Å²) in [6.07, 6.45) is 6.00. The van der Waals surface area contributed by atoms with Crippen molar-refractivity contribution in [3.63, 3.8) is 0 Å². The van der Waals surface area contributed by atoms with E-state index >= 15 is 0 Å². The molecule has 312 valence electrons. The van der Waals surface area contributed by atoms with Crippen molar-refractivity contribution < 1.29 is 0 Å². The van der Waals surface area contributed by atoms with Crippen molar-refractivity contribution in [1.29, 1.82) is 0 Å². The van der Waals surface area contributed by atoms with Gasteiger partial charge in [-0.3, -0.25) is 15.0 Å². The molecule has 0 bridgehead atoms. The molecular formula is C63H40N4. The first-order valence-corrected chi connectivity index (χ1v) is 22.7. The smallest absolute Gasteiger partial charge is 0.0708 e. The molecule has 67 heavy (non-hydrogen) atoms. The third-order valence-electron chi connectivity index (χ3n) is 13.4. The fourth-order valence-electron chi connectivity index (χ4n) is 9.98. The molecule has 4 aromatic heterocycles. The number of hydrogen-bond acceptors (Lipinski definition) is 3. The fourth-order valence-corrected chi connectivity index (χ4v) is 9.98. The molecule has 0 aliphatic carbocycles. The Bertz CT molecular complexity index is 3800. The van der Waals surface area contributed by atoms with E-state index in [1.165, 1.54) is 43.1 Å². The van der Waals surface area contributed by atoms with Crippen LogP contribution in [0.4, 0.5) is 0 Å². The van der Waals surface area contributed by atoms with Gasteiger partial charge in [-0.1, -0.05) is 182 Å². The molecule has 0 amide bonds. The second-order valence-electron chi connectivity index (χ2n) is 17.2. The first-order chi connectivity index (χ1) is 33.2.